The second-order valence-corrected chi connectivity index (χ2v) is 7.86. The zero-order valence-corrected chi connectivity index (χ0v) is 15.2. The Kier molecular flexibility index (Phi) is 4.67. The first kappa shape index (κ1) is 17.0. The lowest BCUT2D eigenvalue weighted by molar-refractivity contribution is 0.581. The maximum atomic E-state index is 12.4. The highest BCUT2D eigenvalue weighted by molar-refractivity contribution is 7.89. The number of fused-ring (bicyclic) bond motifs is 1. The topological polar surface area (TPSA) is 51.1 Å². The van der Waals surface area contributed by atoms with Crippen LogP contribution in [-0.2, 0) is 23.5 Å². The number of hydrogen-bond acceptors (Lipinski definition) is 2. The van der Waals surface area contributed by atoms with Crippen LogP contribution in [0.2, 0.25) is 5.02 Å². The molecule has 1 heterocycles. The molecule has 0 spiro atoms. The summed E-state index contributed by atoms with van der Waals surface area (Å²) in [5, 5.41) is 1.39. The minimum atomic E-state index is -3.61. The van der Waals surface area contributed by atoms with Crippen molar-refractivity contribution in [3.63, 3.8) is 0 Å². The molecule has 0 aliphatic heterocycles. The zero-order valence-electron chi connectivity index (χ0n) is 13.6. The number of nitrogens with zero attached hydrogens (tertiary/aromatic N) is 1. The van der Waals surface area contributed by atoms with Crippen LogP contribution in [0.25, 0.3) is 10.9 Å². The van der Waals surface area contributed by atoms with Crippen LogP contribution in [0.1, 0.15) is 11.3 Å². The van der Waals surface area contributed by atoms with Crippen molar-refractivity contribution in [1.82, 2.24) is 9.29 Å². The van der Waals surface area contributed by atoms with Gasteiger partial charge in [-0.1, -0.05) is 41.9 Å². The fourth-order valence-corrected chi connectivity index (χ4v) is 4.51. The molecule has 0 amide bonds. The van der Waals surface area contributed by atoms with Crippen molar-refractivity contribution >= 4 is 32.5 Å². The van der Waals surface area contributed by atoms with Gasteiger partial charge >= 0.3 is 0 Å². The Hall–Kier alpha value is -1.82. The van der Waals surface area contributed by atoms with Gasteiger partial charge in [0.15, 0.2) is 0 Å². The molecule has 0 saturated carbocycles. The van der Waals surface area contributed by atoms with E-state index in [9.17, 15) is 8.42 Å². The molecule has 0 aliphatic carbocycles. The monoisotopic (exact) mass is 362 g/mol. The van der Waals surface area contributed by atoms with E-state index in [2.05, 4.69) is 28.3 Å². The summed E-state index contributed by atoms with van der Waals surface area (Å²) in [7, 11) is -1.59. The van der Waals surface area contributed by atoms with Crippen LogP contribution >= 0.6 is 11.6 Å². The van der Waals surface area contributed by atoms with Gasteiger partial charge in [0.2, 0.25) is 10.0 Å². The summed E-state index contributed by atoms with van der Waals surface area (Å²) in [6, 6.07) is 14.6. The largest absolute Gasteiger partial charge is 0.348 e. The molecular weight excluding hydrogens is 344 g/mol. The van der Waals surface area contributed by atoms with E-state index in [1.165, 1.54) is 6.07 Å². The van der Waals surface area contributed by atoms with Crippen LogP contribution in [0.5, 0.6) is 0 Å². The fraction of sp³-hybridized carbons (Fsp3) is 0.222. The first-order valence-corrected chi connectivity index (χ1v) is 9.55. The smallest absolute Gasteiger partial charge is 0.242 e. The van der Waals surface area contributed by atoms with E-state index >= 15 is 0 Å². The van der Waals surface area contributed by atoms with Gasteiger partial charge in [0.1, 0.15) is 4.90 Å². The van der Waals surface area contributed by atoms with Gasteiger partial charge in [-0.3, -0.25) is 0 Å². The molecule has 0 saturated heterocycles. The highest BCUT2D eigenvalue weighted by Crippen LogP contribution is 2.25. The van der Waals surface area contributed by atoms with Gasteiger partial charge in [-0.2, -0.15) is 0 Å². The lowest BCUT2D eigenvalue weighted by Gasteiger charge is -2.08. The standard InChI is InChI=1S/C18H19ClN2O2S/c1-13-14(15-7-3-5-9-17(15)21(13)2)11-12-20-24(22,23)18-10-6-4-8-16(18)19/h3-10,20H,11-12H2,1-2H3. The number of aromatic nitrogens is 1. The average Bonchev–Trinajstić information content (AvgIpc) is 2.80. The summed E-state index contributed by atoms with van der Waals surface area (Å²) in [5.41, 5.74) is 3.46. The Labute approximate surface area is 147 Å². The third kappa shape index (κ3) is 3.07. The van der Waals surface area contributed by atoms with Crippen molar-refractivity contribution in [2.24, 2.45) is 7.05 Å². The Morgan fingerprint density at radius 2 is 1.75 bits per heavy atom. The van der Waals surface area contributed by atoms with Crippen LogP contribution in [0.4, 0.5) is 0 Å². The Bertz CT molecular complexity index is 993. The van der Waals surface area contributed by atoms with Crippen LogP contribution < -0.4 is 4.72 Å². The van der Waals surface area contributed by atoms with Crippen molar-refractivity contribution in [3.05, 3.63) is 64.8 Å². The normalized spacial score (nSPS) is 12.0. The number of aryl methyl sites for hydroxylation is 1. The van der Waals surface area contributed by atoms with Crippen molar-refractivity contribution in [2.75, 3.05) is 6.54 Å². The quantitative estimate of drug-likeness (QED) is 0.753. The third-order valence-electron chi connectivity index (χ3n) is 4.32. The molecule has 0 radical (unpaired) electrons. The highest BCUT2D eigenvalue weighted by Gasteiger charge is 2.18. The van der Waals surface area contributed by atoms with E-state index in [4.69, 9.17) is 11.6 Å². The second-order valence-electron chi connectivity index (χ2n) is 5.72. The summed E-state index contributed by atoms with van der Waals surface area (Å²) in [5.74, 6) is 0. The lowest BCUT2D eigenvalue weighted by atomic mass is 10.1. The van der Waals surface area contributed by atoms with Gasteiger partial charge in [0.25, 0.3) is 0 Å². The molecule has 6 heteroatoms. The third-order valence-corrected chi connectivity index (χ3v) is 6.28. The maximum absolute atomic E-state index is 12.4. The van der Waals surface area contributed by atoms with Crippen molar-refractivity contribution < 1.29 is 8.42 Å². The van der Waals surface area contributed by atoms with Crippen LogP contribution in [0, 0.1) is 6.92 Å². The molecule has 126 valence electrons. The zero-order chi connectivity index (χ0) is 17.3. The van der Waals surface area contributed by atoms with Crippen LogP contribution in [0.15, 0.2) is 53.4 Å². The van der Waals surface area contributed by atoms with Crippen LogP contribution in [-0.4, -0.2) is 19.5 Å². The Morgan fingerprint density at radius 3 is 2.50 bits per heavy atom. The minimum absolute atomic E-state index is 0.112. The summed E-state index contributed by atoms with van der Waals surface area (Å²) in [4.78, 5) is 0.112. The number of halogens is 1. The van der Waals surface area contributed by atoms with Crippen molar-refractivity contribution in [2.45, 2.75) is 18.2 Å². The number of rotatable bonds is 5. The molecule has 1 aromatic heterocycles. The Balaban J connectivity index is 1.80. The molecule has 0 aliphatic rings. The molecule has 1 N–H and O–H groups in total. The summed E-state index contributed by atoms with van der Waals surface area (Å²) < 4.78 is 29.6. The Morgan fingerprint density at radius 1 is 1.08 bits per heavy atom. The first-order valence-electron chi connectivity index (χ1n) is 7.69. The number of para-hydroxylation sites is 1. The van der Waals surface area contributed by atoms with E-state index in [1.807, 2.05) is 19.2 Å². The molecule has 0 unspecified atom stereocenters. The van der Waals surface area contributed by atoms with Gasteiger partial charge in [-0.25, -0.2) is 13.1 Å². The molecular formula is C18H19ClN2O2S. The van der Waals surface area contributed by atoms with Gasteiger partial charge in [0, 0.05) is 30.2 Å². The predicted octanol–water partition coefficient (Wildman–Crippen LogP) is 3.66. The van der Waals surface area contributed by atoms with Gasteiger partial charge in [-0.05, 0) is 37.1 Å². The van der Waals surface area contributed by atoms with Crippen LogP contribution in [0.3, 0.4) is 0 Å². The lowest BCUT2D eigenvalue weighted by Crippen LogP contribution is -2.26. The average molecular weight is 363 g/mol. The van der Waals surface area contributed by atoms with E-state index in [0.29, 0.717) is 13.0 Å². The number of hydrogen-bond donors (Lipinski definition) is 1. The second kappa shape index (κ2) is 6.59. The van der Waals surface area contributed by atoms with Gasteiger partial charge < -0.3 is 4.57 Å². The number of sulfonamides is 1. The fourth-order valence-electron chi connectivity index (χ4n) is 2.97. The maximum Gasteiger partial charge on any atom is 0.242 e. The molecule has 4 nitrogen and oxygen atoms in total. The van der Waals surface area contributed by atoms with Gasteiger partial charge in [-0.15, -0.1) is 0 Å². The molecule has 0 fully saturated rings. The summed E-state index contributed by atoms with van der Waals surface area (Å²) >= 11 is 5.99. The van der Waals surface area contributed by atoms with Gasteiger partial charge in [0.05, 0.1) is 5.02 Å². The SMILES string of the molecule is Cc1c(CCNS(=O)(=O)c2ccccc2Cl)c2ccccc2n1C. The van der Waals surface area contributed by atoms with E-state index in [0.717, 1.165) is 22.2 Å². The minimum Gasteiger partial charge on any atom is -0.348 e. The number of nitrogens with one attached hydrogen (secondary N) is 1. The molecule has 0 bridgehead atoms. The summed E-state index contributed by atoms with van der Waals surface area (Å²) in [6.45, 7) is 2.38. The molecule has 24 heavy (non-hydrogen) atoms. The number of benzene rings is 2. The molecule has 3 aromatic rings. The van der Waals surface area contributed by atoms with E-state index < -0.39 is 10.0 Å². The first-order chi connectivity index (χ1) is 11.4. The van der Waals surface area contributed by atoms with E-state index in [1.54, 1.807) is 18.2 Å². The molecule has 3 rings (SSSR count). The molecule has 2 aromatic carbocycles. The predicted molar refractivity (Wildman–Crippen MR) is 98.0 cm³/mol. The van der Waals surface area contributed by atoms with E-state index in [-0.39, 0.29) is 9.92 Å². The highest BCUT2D eigenvalue weighted by atomic mass is 35.5. The molecule has 0 atom stereocenters. The summed E-state index contributed by atoms with van der Waals surface area (Å²) in [6.07, 6.45) is 0.622. The van der Waals surface area contributed by atoms with Crippen molar-refractivity contribution in [1.29, 1.82) is 0 Å². The van der Waals surface area contributed by atoms with Crippen molar-refractivity contribution in [3.8, 4) is 0 Å².